The third kappa shape index (κ3) is 2.73. The Balaban J connectivity index is 1.71. The second-order valence-electron chi connectivity index (χ2n) is 8.85. The number of benzene rings is 2. The molecule has 3 nitrogen and oxygen atoms in total. The van der Waals surface area contributed by atoms with Gasteiger partial charge in [0.15, 0.2) is 5.78 Å². The van der Waals surface area contributed by atoms with Gasteiger partial charge in [-0.3, -0.25) is 4.79 Å². The number of carbonyl (C=O) groups is 1. The SMILES string of the molecule is CC(C)CN1CCCN(c2ccc3c4c(cccc24)C(=O)C3(C)C)CC1. The largest absolute Gasteiger partial charge is 0.370 e. The summed E-state index contributed by atoms with van der Waals surface area (Å²) in [7, 11) is 0. The van der Waals surface area contributed by atoms with E-state index < -0.39 is 5.41 Å². The molecule has 2 aromatic rings. The third-order valence-electron chi connectivity index (χ3n) is 6.06. The maximum absolute atomic E-state index is 12.9. The molecule has 4 rings (SSSR count). The summed E-state index contributed by atoms with van der Waals surface area (Å²) in [4.78, 5) is 18.0. The predicted octanol–water partition coefficient (Wildman–Crippen LogP) is 4.48. The van der Waals surface area contributed by atoms with E-state index in [-0.39, 0.29) is 5.78 Å². The predicted molar refractivity (Wildman–Crippen MR) is 109 cm³/mol. The minimum absolute atomic E-state index is 0.259. The summed E-state index contributed by atoms with van der Waals surface area (Å²) in [6.45, 7) is 14.3. The van der Waals surface area contributed by atoms with Gasteiger partial charge in [-0.2, -0.15) is 0 Å². The van der Waals surface area contributed by atoms with Crippen molar-refractivity contribution < 1.29 is 4.79 Å². The molecule has 0 unspecified atom stereocenters. The Labute approximate surface area is 157 Å². The molecule has 3 heteroatoms. The van der Waals surface area contributed by atoms with Crippen molar-refractivity contribution in [3.05, 3.63) is 41.5 Å². The maximum Gasteiger partial charge on any atom is 0.173 e. The molecule has 1 fully saturated rings. The molecule has 0 radical (unpaired) electrons. The smallest absolute Gasteiger partial charge is 0.173 e. The van der Waals surface area contributed by atoms with Gasteiger partial charge in [-0.25, -0.2) is 0 Å². The van der Waals surface area contributed by atoms with Crippen LogP contribution in [0.5, 0.6) is 0 Å². The third-order valence-corrected chi connectivity index (χ3v) is 6.06. The van der Waals surface area contributed by atoms with Gasteiger partial charge in [-0.15, -0.1) is 0 Å². The molecule has 0 saturated carbocycles. The molecule has 0 atom stereocenters. The summed E-state index contributed by atoms with van der Waals surface area (Å²) in [6.07, 6.45) is 1.19. The minimum Gasteiger partial charge on any atom is -0.370 e. The molecule has 2 aromatic carbocycles. The van der Waals surface area contributed by atoms with E-state index in [0.717, 1.165) is 25.2 Å². The number of rotatable bonds is 3. The zero-order valence-electron chi connectivity index (χ0n) is 16.5. The molecule has 0 N–H and O–H groups in total. The average Bonchev–Trinajstić information content (AvgIpc) is 2.75. The highest BCUT2D eigenvalue weighted by molar-refractivity contribution is 6.21. The fourth-order valence-corrected chi connectivity index (χ4v) is 4.75. The lowest BCUT2D eigenvalue weighted by Gasteiger charge is -2.26. The van der Waals surface area contributed by atoms with Crippen molar-refractivity contribution in [1.82, 2.24) is 4.90 Å². The number of hydrogen-bond acceptors (Lipinski definition) is 3. The van der Waals surface area contributed by atoms with Crippen molar-refractivity contribution in [1.29, 1.82) is 0 Å². The summed E-state index contributed by atoms with van der Waals surface area (Å²) >= 11 is 0. The van der Waals surface area contributed by atoms with Crippen LogP contribution in [0.4, 0.5) is 5.69 Å². The normalized spacial score (nSPS) is 20.2. The van der Waals surface area contributed by atoms with Crippen LogP contribution in [0.1, 0.15) is 50.0 Å². The van der Waals surface area contributed by atoms with Crippen molar-refractivity contribution in [3.63, 3.8) is 0 Å². The first kappa shape index (κ1) is 17.5. The Morgan fingerprint density at radius 2 is 1.85 bits per heavy atom. The van der Waals surface area contributed by atoms with Crippen LogP contribution in [0.25, 0.3) is 10.8 Å². The van der Waals surface area contributed by atoms with Crippen LogP contribution < -0.4 is 4.90 Å². The Morgan fingerprint density at radius 1 is 1.04 bits per heavy atom. The summed E-state index contributed by atoms with van der Waals surface area (Å²) in [5.74, 6) is 0.973. The van der Waals surface area contributed by atoms with E-state index >= 15 is 0 Å². The van der Waals surface area contributed by atoms with Gasteiger partial charge in [0.2, 0.25) is 0 Å². The first-order chi connectivity index (χ1) is 12.4. The molecule has 0 aromatic heterocycles. The van der Waals surface area contributed by atoms with E-state index in [4.69, 9.17) is 0 Å². The monoisotopic (exact) mass is 350 g/mol. The zero-order valence-corrected chi connectivity index (χ0v) is 16.5. The second-order valence-corrected chi connectivity index (χ2v) is 8.85. The molecular weight excluding hydrogens is 320 g/mol. The summed E-state index contributed by atoms with van der Waals surface area (Å²) in [5.41, 5.74) is 2.98. The Kier molecular flexibility index (Phi) is 4.31. The first-order valence-electron chi connectivity index (χ1n) is 9.98. The minimum atomic E-state index is -0.409. The van der Waals surface area contributed by atoms with E-state index in [0.29, 0.717) is 5.92 Å². The van der Waals surface area contributed by atoms with Gasteiger partial charge in [-0.05, 0) is 49.7 Å². The van der Waals surface area contributed by atoms with E-state index in [2.05, 4.69) is 55.7 Å². The maximum atomic E-state index is 12.9. The van der Waals surface area contributed by atoms with Crippen LogP contribution in [-0.2, 0) is 5.41 Å². The van der Waals surface area contributed by atoms with Crippen LogP contribution in [0.2, 0.25) is 0 Å². The summed E-state index contributed by atoms with van der Waals surface area (Å²) in [6, 6.07) is 10.7. The van der Waals surface area contributed by atoms with Gasteiger partial charge in [-0.1, -0.05) is 38.1 Å². The molecule has 26 heavy (non-hydrogen) atoms. The fourth-order valence-electron chi connectivity index (χ4n) is 4.75. The van der Waals surface area contributed by atoms with Gasteiger partial charge in [0.25, 0.3) is 0 Å². The van der Waals surface area contributed by atoms with E-state index in [1.54, 1.807) is 0 Å². The number of nitrogens with zero attached hydrogens (tertiary/aromatic N) is 2. The Morgan fingerprint density at radius 3 is 2.62 bits per heavy atom. The highest BCUT2D eigenvalue weighted by atomic mass is 16.1. The topological polar surface area (TPSA) is 23.6 Å². The van der Waals surface area contributed by atoms with Crippen LogP contribution in [0, 0.1) is 5.92 Å². The summed E-state index contributed by atoms with van der Waals surface area (Å²) in [5, 5.41) is 2.43. The van der Waals surface area contributed by atoms with Crippen LogP contribution >= 0.6 is 0 Å². The molecule has 1 heterocycles. The molecule has 1 aliphatic carbocycles. The Hall–Kier alpha value is -1.87. The van der Waals surface area contributed by atoms with Crippen molar-refractivity contribution in [2.45, 2.75) is 39.5 Å². The average molecular weight is 351 g/mol. The molecule has 138 valence electrons. The lowest BCUT2D eigenvalue weighted by Crippen LogP contribution is -2.33. The molecule has 0 bridgehead atoms. The molecule has 0 amide bonds. The van der Waals surface area contributed by atoms with Gasteiger partial charge in [0.1, 0.15) is 0 Å². The fraction of sp³-hybridized carbons (Fsp3) is 0.522. The van der Waals surface area contributed by atoms with Crippen molar-refractivity contribution in [2.75, 3.05) is 37.6 Å². The van der Waals surface area contributed by atoms with Crippen LogP contribution in [0.15, 0.2) is 30.3 Å². The van der Waals surface area contributed by atoms with E-state index in [1.807, 2.05) is 12.1 Å². The molecule has 1 aliphatic heterocycles. The molecular formula is C23H30N2O. The van der Waals surface area contributed by atoms with Gasteiger partial charge < -0.3 is 9.80 Å². The van der Waals surface area contributed by atoms with Crippen molar-refractivity contribution in [2.24, 2.45) is 5.92 Å². The standard InChI is InChI=1S/C23H30N2O/c1-16(2)15-24-11-6-12-25(14-13-24)20-10-9-19-21-17(20)7-5-8-18(21)22(26)23(19,3)4/h5,7-10,16H,6,11-15H2,1-4H3. The number of anilines is 1. The van der Waals surface area contributed by atoms with E-state index in [9.17, 15) is 4.79 Å². The molecule has 2 aliphatic rings. The number of carbonyl (C=O) groups excluding carboxylic acids is 1. The Bertz CT molecular complexity index is 853. The highest BCUT2D eigenvalue weighted by Gasteiger charge is 2.40. The summed E-state index contributed by atoms with van der Waals surface area (Å²) < 4.78 is 0. The molecule has 1 saturated heterocycles. The quantitative estimate of drug-likeness (QED) is 0.815. The number of hydrogen-bond donors (Lipinski definition) is 0. The molecule has 0 spiro atoms. The van der Waals surface area contributed by atoms with Gasteiger partial charge in [0, 0.05) is 42.8 Å². The zero-order chi connectivity index (χ0) is 18.5. The van der Waals surface area contributed by atoms with Crippen molar-refractivity contribution in [3.8, 4) is 0 Å². The second kappa shape index (κ2) is 6.38. The first-order valence-corrected chi connectivity index (χ1v) is 9.98. The lowest BCUT2D eigenvalue weighted by atomic mass is 9.84. The number of ketones is 1. The van der Waals surface area contributed by atoms with E-state index in [1.165, 1.54) is 41.5 Å². The van der Waals surface area contributed by atoms with Gasteiger partial charge in [0.05, 0.1) is 5.41 Å². The highest BCUT2D eigenvalue weighted by Crippen LogP contribution is 2.45. The van der Waals surface area contributed by atoms with Crippen LogP contribution in [-0.4, -0.2) is 43.4 Å². The number of Topliss-reactive ketones (excluding diaryl/α,β-unsaturated/α-hetero) is 1. The van der Waals surface area contributed by atoms with Gasteiger partial charge >= 0.3 is 0 Å². The lowest BCUT2D eigenvalue weighted by molar-refractivity contribution is 0.0920. The van der Waals surface area contributed by atoms with Crippen LogP contribution in [0.3, 0.4) is 0 Å². The van der Waals surface area contributed by atoms with Crippen molar-refractivity contribution >= 4 is 22.2 Å².